The summed E-state index contributed by atoms with van der Waals surface area (Å²) in [6, 6.07) is 0.499. The normalized spacial score (nSPS) is 13.6. The molecule has 0 saturated heterocycles. The fourth-order valence-corrected chi connectivity index (χ4v) is 14.6. The van der Waals surface area contributed by atoms with Crippen molar-refractivity contribution in [1.82, 2.24) is 0 Å². The molecule has 260 valence electrons. The van der Waals surface area contributed by atoms with E-state index in [4.69, 9.17) is 64.8 Å². The highest BCUT2D eigenvalue weighted by Gasteiger charge is 2.68. The van der Waals surface area contributed by atoms with Gasteiger partial charge in [0.15, 0.2) is 4.90 Å². The fourth-order valence-electron chi connectivity index (χ4n) is 4.70. The smallest absolute Gasteiger partial charge is 0.374 e. The third-order valence-corrected chi connectivity index (χ3v) is 18.1. The van der Waals surface area contributed by atoms with Crippen molar-refractivity contribution in [3.05, 3.63) is 0 Å². The number of hydrogen-bond acceptors (Lipinski definition) is 16. The molecular formula is C23H54O16P2Si2. The van der Waals surface area contributed by atoms with Crippen LogP contribution in [0.15, 0.2) is 0 Å². The van der Waals surface area contributed by atoms with Gasteiger partial charge in [0.05, 0.1) is 28.4 Å². The maximum atomic E-state index is 14.6. The van der Waals surface area contributed by atoms with Crippen LogP contribution in [0, 0.1) is 0 Å². The molecule has 0 spiro atoms. The lowest BCUT2D eigenvalue weighted by atomic mass is 10.1. The van der Waals surface area contributed by atoms with Crippen LogP contribution < -0.4 is 0 Å². The van der Waals surface area contributed by atoms with Crippen molar-refractivity contribution >= 4 is 32.8 Å². The second kappa shape index (κ2) is 22.8. The van der Waals surface area contributed by atoms with Gasteiger partial charge >= 0.3 is 32.8 Å². The minimum atomic E-state index is -4.73. The topological polar surface area (TPSA) is 163 Å². The molecule has 0 atom stereocenters. The molecule has 0 fully saturated rings. The van der Waals surface area contributed by atoms with Crippen LogP contribution in [0.1, 0.15) is 67.2 Å². The van der Waals surface area contributed by atoms with Gasteiger partial charge in [-0.25, -0.2) is 19.6 Å². The molecule has 0 aliphatic carbocycles. The van der Waals surface area contributed by atoms with Gasteiger partial charge in [-0.15, -0.1) is 18.7 Å². The molecular weight excluding hydrogens is 650 g/mol. The molecule has 0 radical (unpaired) electrons. The summed E-state index contributed by atoms with van der Waals surface area (Å²) in [6.07, 6.45) is -0.0260. The molecule has 0 aromatic rings. The maximum absolute atomic E-state index is 14.6. The van der Waals surface area contributed by atoms with Crippen LogP contribution in [0.5, 0.6) is 0 Å². The van der Waals surface area contributed by atoms with Crippen molar-refractivity contribution in [2.75, 3.05) is 68.1 Å². The summed E-state index contributed by atoms with van der Waals surface area (Å²) in [5, 5.41) is 0. The molecule has 0 aliphatic heterocycles. The Kier molecular flexibility index (Phi) is 23.0. The van der Waals surface area contributed by atoms with Crippen LogP contribution in [0.2, 0.25) is 12.1 Å². The monoisotopic (exact) mass is 704 g/mol. The highest BCUT2D eigenvalue weighted by Crippen LogP contribution is 2.81. The highest BCUT2D eigenvalue weighted by molar-refractivity contribution is 7.74. The van der Waals surface area contributed by atoms with E-state index in [9.17, 15) is 9.13 Å². The van der Waals surface area contributed by atoms with E-state index in [-0.39, 0.29) is 37.8 Å². The van der Waals surface area contributed by atoms with Crippen LogP contribution in [-0.4, -0.2) is 90.6 Å². The average molecular weight is 705 g/mol. The van der Waals surface area contributed by atoms with Crippen LogP contribution in [0.3, 0.4) is 0 Å². The zero-order valence-electron chi connectivity index (χ0n) is 27.4. The van der Waals surface area contributed by atoms with E-state index in [0.717, 1.165) is 28.4 Å². The minimum absolute atomic E-state index is 0.172. The Balaban J connectivity index is 7.05. The SMILES string of the molecule is CCO[Si](CCCC(CCC[Si](OCC)(OCC)OCC)(P(=O)(OOC)OOC)P(=O)(OOC)OOC)(OCC)OCC. The molecule has 0 aliphatic rings. The van der Waals surface area contributed by atoms with Crippen LogP contribution >= 0.6 is 15.2 Å². The first-order valence-corrected chi connectivity index (χ1v) is 21.4. The Hall–Kier alpha value is 0.334. The summed E-state index contributed by atoms with van der Waals surface area (Å²) in [5.41, 5.74) is 0. The fraction of sp³-hybridized carbons (Fsp3) is 1.00. The molecule has 0 amide bonds. The molecule has 20 heteroatoms. The molecule has 0 bridgehead atoms. The van der Waals surface area contributed by atoms with E-state index in [1.54, 1.807) is 0 Å². The van der Waals surface area contributed by atoms with Crippen LogP contribution in [0.4, 0.5) is 0 Å². The van der Waals surface area contributed by atoms with E-state index in [2.05, 4.69) is 0 Å². The quantitative estimate of drug-likeness (QED) is 0.0368. The Morgan fingerprint density at radius 3 is 0.884 bits per heavy atom. The second-order valence-electron chi connectivity index (χ2n) is 8.61. The summed E-state index contributed by atoms with van der Waals surface area (Å²) in [4.78, 5) is 17.2. The summed E-state index contributed by atoms with van der Waals surface area (Å²) in [6.45, 7) is 13.0. The van der Waals surface area contributed by atoms with Crippen molar-refractivity contribution in [3.63, 3.8) is 0 Å². The molecule has 0 aromatic heterocycles. The van der Waals surface area contributed by atoms with E-state index in [1.807, 2.05) is 41.5 Å². The van der Waals surface area contributed by atoms with Gasteiger partial charge in [0.25, 0.3) is 0 Å². The number of rotatable bonds is 30. The average Bonchev–Trinajstić information content (AvgIpc) is 2.93. The molecule has 0 aromatic carbocycles. The summed E-state index contributed by atoms with van der Waals surface area (Å²) in [5.74, 6) is 0. The van der Waals surface area contributed by atoms with Gasteiger partial charge in [-0.05, 0) is 67.2 Å². The first-order valence-electron chi connectivity index (χ1n) is 14.5. The second-order valence-corrected chi connectivity index (χ2v) is 18.7. The summed E-state index contributed by atoms with van der Waals surface area (Å²) < 4.78 is 86.0. The highest BCUT2D eigenvalue weighted by atomic mass is 31.2. The van der Waals surface area contributed by atoms with Gasteiger partial charge in [0, 0.05) is 51.7 Å². The van der Waals surface area contributed by atoms with Gasteiger partial charge in [0.1, 0.15) is 0 Å². The number of hydrogen-bond donors (Lipinski definition) is 0. The molecule has 0 heterocycles. The predicted octanol–water partition coefficient (Wildman–Crippen LogP) is 6.04. The van der Waals surface area contributed by atoms with Crippen molar-refractivity contribution in [1.29, 1.82) is 0 Å². The molecule has 0 unspecified atom stereocenters. The van der Waals surface area contributed by atoms with Gasteiger partial charge in [-0.2, -0.15) is 0 Å². The lowest BCUT2D eigenvalue weighted by molar-refractivity contribution is -0.256. The molecule has 0 N–H and O–H groups in total. The Morgan fingerprint density at radius 1 is 0.465 bits per heavy atom. The first-order chi connectivity index (χ1) is 20.5. The van der Waals surface area contributed by atoms with Crippen molar-refractivity contribution < 1.29 is 73.9 Å². The van der Waals surface area contributed by atoms with Crippen LogP contribution in [0.25, 0.3) is 0 Å². The molecule has 16 nitrogen and oxygen atoms in total. The lowest BCUT2D eigenvalue weighted by Crippen LogP contribution is -2.47. The van der Waals surface area contributed by atoms with Crippen molar-refractivity contribution in [2.24, 2.45) is 0 Å². The standard InChI is InChI=1S/C23H54O16P2Si2/c1-11-30-42(31-12-2,32-13-3)21-17-19-23(40(24,36-26-7)37-27-8,41(25,38-28-9)39-29-10)20-18-22-43(33-14-4,34-15-5)35-16-6/h11-22H2,1-10H3. The molecule has 0 saturated carbocycles. The van der Waals surface area contributed by atoms with E-state index in [0.29, 0.717) is 39.6 Å². The zero-order chi connectivity index (χ0) is 32.9. The van der Waals surface area contributed by atoms with Crippen molar-refractivity contribution in [3.8, 4) is 0 Å². The van der Waals surface area contributed by atoms with Crippen LogP contribution in [-0.2, 0) is 73.9 Å². The molecule has 43 heavy (non-hydrogen) atoms. The Bertz CT molecular complexity index is 693. The lowest BCUT2D eigenvalue weighted by Gasteiger charge is -2.40. The molecule has 0 rings (SSSR count). The van der Waals surface area contributed by atoms with Gasteiger partial charge in [0.2, 0.25) is 0 Å². The van der Waals surface area contributed by atoms with Gasteiger partial charge in [-0.1, -0.05) is 0 Å². The first kappa shape index (κ1) is 43.3. The van der Waals surface area contributed by atoms with E-state index < -0.39 is 37.7 Å². The zero-order valence-corrected chi connectivity index (χ0v) is 31.2. The largest absolute Gasteiger partial charge is 0.500 e. The Morgan fingerprint density at radius 2 is 0.698 bits per heavy atom. The summed E-state index contributed by atoms with van der Waals surface area (Å²) >= 11 is 0. The van der Waals surface area contributed by atoms with Gasteiger partial charge < -0.3 is 26.6 Å². The van der Waals surface area contributed by atoms with E-state index in [1.165, 1.54) is 0 Å². The maximum Gasteiger partial charge on any atom is 0.500 e. The summed E-state index contributed by atoms with van der Waals surface area (Å²) in [7, 11) is -11.4. The Labute approximate surface area is 259 Å². The van der Waals surface area contributed by atoms with E-state index >= 15 is 0 Å². The minimum Gasteiger partial charge on any atom is -0.374 e. The van der Waals surface area contributed by atoms with Crippen molar-refractivity contribution in [2.45, 2.75) is 84.2 Å². The van der Waals surface area contributed by atoms with Gasteiger partial charge in [-0.3, -0.25) is 9.13 Å². The predicted molar refractivity (Wildman–Crippen MR) is 160 cm³/mol. The third kappa shape index (κ3) is 12.5. The third-order valence-electron chi connectivity index (χ3n) is 6.02.